The van der Waals surface area contributed by atoms with E-state index in [4.69, 9.17) is 9.15 Å². The number of aromatic nitrogens is 2. The third-order valence-electron chi connectivity index (χ3n) is 5.08. The zero-order chi connectivity index (χ0) is 22.2. The molecule has 164 valence electrons. The van der Waals surface area contributed by atoms with Crippen molar-refractivity contribution in [2.24, 2.45) is 0 Å². The van der Waals surface area contributed by atoms with E-state index in [-0.39, 0.29) is 33.8 Å². The van der Waals surface area contributed by atoms with Crippen LogP contribution < -0.4 is 9.46 Å². The Morgan fingerprint density at radius 2 is 2.03 bits per heavy atom. The molecule has 11 heteroatoms. The van der Waals surface area contributed by atoms with E-state index >= 15 is 0 Å². The molecule has 0 unspecified atom stereocenters. The lowest BCUT2D eigenvalue weighted by atomic mass is 10.2. The summed E-state index contributed by atoms with van der Waals surface area (Å²) in [7, 11) is -2.76. The average Bonchev–Trinajstić information content (AvgIpc) is 3.47. The van der Waals surface area contributed by atoms with Crippen molar-refractivity contribution >= 4 is 21.6 Å². The van der Waals surface area contributed by atoms with E-state index in [9.17, 15) is 17.6 Å². The molecule has 0 radical (unpaired) electrons. The van der Waals surface area contributed by atoms with Gasteiger partial charge in [-0.3, -0.25) is 14.6 Å². The number of hydrogen-bond acceptors (Lipinski definition) is 6. The fourth-order valence-corrected chi connectivity index (χ4v) is 4.75. The van der Waals surface area contributed by atoms with Crippen LogP contribution >= 0.6 is 0 Å². The first-order valence-electron chi connectivity index (χ1n) is 9.60. The predicted octanol–water partition coefficient (Wildman–Crippen LogP) is 3.16. The molecule has 1 aromatic carbocycles. The Morgan fingerprint density at radius 3 is 2.71 bits per heavy atom. The summed E-state index contributed by atoms with van der Waals surface area (Å²) in [5.74, 6) is -0.606. The molecule has 0 bridgehead atoms. The molecule has 0 spiro atoms. The summed E-state index contributed by atoms with van der Waals surface area (Å²) in [6, 6.07) is 5.04. The van der Waals surface area contributed by atoms with Crippen LogP contribution in [0.1, 0.15) is 29.0 Å². The molecule has 31 heavy (non-hydrogen) atoms. The Morgan fingerprint density at radius 1 is 1.29 bits per heavy atom. The van der Waals surface area contributed by atoms with Gasteiger partial charge in [-0.1, -0.05) is 0 Å². The van der Waals surface area contributed by atoms with Gasteiger partial charge in [-0.05, 0) is 31.9 Å². The highest BCUT2D eigenvalue weighted by atomic mass is 32.2. The van der Waals surface area contributed by atoms with Crippen LogP contribution in [0.2, 0.25) is 0 Å². The van der Waals surface area contributed by atoms with Gasteiger partial charge in [0.05, 0.1) is 24.6 Å². The number of halogens is 1. The lowest BCUT2D eigenvalue weighted by molar-refractivity contribution is 0.0793. The molecule has 0 saturated carbocycles. The van der Waals surface area contributed by atoms with Crippen molar-refractivity contribution in [3.8, 4) is 17.2 Å². The molecule has 2 N–H and O–H groups in total. The van der Waals surface area contributed by atoms with E-state index in [1.165, 1.54) is 38.4 Å². The van der Waals surface area contributed by atoms with Gasteiger partial charge in [-0.25, -0.2) is 12.8 Å². The third-order valence-corrected chi connectivity index (χ3v) is 6.56. The van der Waals surface area contributed by atoms with Crippen molar-refractivity contribution in [1.29, 1.82) is 0 Å². The maximum Gasteiger partial charge on any atom is 0.265 e. The molecule has 3 aromatic rings. The molecular weight excluding hydrogens is 427 g/mol. The van der Waals surface area contributed by atoms with Crippen LogP contribution in [0.5, 0.6) is 5.75 Å². The van der Waals surface area contributed by atoms with Crippen LogP contribution in [0.3, 0.4) is 0 Å². The first-order chi connectivity index (χ1) is 14.8. The summed E-state index contributed by atoms with van der Waals surface area (Å²) in [5, 5.41) is 6.65. The largest absolute Gasteiger partial charge is 0.494 e. The molecule has 1 saturated heterocycles. The van der Waals surface area contributed by atoms with E-state index in [0.29, 0.717) is 24.3 Å². The van der Waals surface area contributed by atoms with Crippen LogP contribution in [-0.4, -0.2) is 49.6 Å². The van der Waals surface area contributed by atoms with E-state index in [2.05, 4.69) is 14.9 Å². The highest BCUT2D eigenvalue weighted by molar-refractivity contribution is 7.92. The Bertz CT molecular complexity index is 1230. The molecule has 9 nitrogen and oxygen atoms in total. The van der Waals surface area contributed by atoms with Crippen molar-refractivity contribution in [3.63, 3.8) is 0 Å². The lowest BCUT2D eigenvalue weighted by Gasteiger charge is -2.14. The minimum absolute atomic E-state index is 0.000769. The van der Waals surface area contributed by atoms with Crippen LogP contribution in [0.4, 0.5) is 10.1 Å². The van der Waals surface area contributed by atoms with E-state index in [1.54, 1.807) is 4.90 Å². The summed E-state index contributed by atoms with van der Waals surface area (Å²) in [4.78, 5) is 14.4. The van der Waals surface area contributed by atoms with Gasteiger partial charge in [0, 0.05) is 25.2 Å². The van der Waals surface area contributed by atoms with E-state index in [1.807, 2.05) is 0 Å². The number of nitrogens with one attached hydrogen (secondary N) is 2. The zero-order valence-electron chi connectivity index (χ0n) is 16.9. The molecule has 1 fully saturated rings. The molecule has 1 aliphatic heterocycles. The van der Waals surface area contributed by atoms with Gasteiger partial charge < -0.3 is 14.1 Å². The fraction of sp³-hybridized carbons (Fsp3) is 0.300. The first-order valence-corrected chi connectivity index (χ1v) is 11.1. The minimum Gasteiger partial charge on any atom is -0.494 e. The first kappa shape index (κ1) is 20.9. The van der Waals surface area contributed by atoms with Gasteiger partial charge in [-0.15, -0.1) is 0 Å². The molecule has 3 heterocycles. The smallest absolute Gasteiger partial charge is 0.265 e. The Labute approximate surface area is 178 Å². The second kappa shape index (κ2) is 8.06. The topological polar surface area (TPSA) is 118 Å². The third kappa shape index (κ3) is 4.00. The number of aromatic amines is 1. The number of likely N-dealkylation sites (tertiary alicyclic amines) is 1. The number of benzene rings is 1. The van der Waals surface area contributed by atoms with Crippen LogP contribution in [-0.2, 0) is 10.0 Å². The quantitative estimate of drug-likeness (QED) is 0.598. The number of carbonyl (C=O) groups is 1. The maximum atomic E-state index is 13.9. The lowest BCUT2D eigenvalue weighted by Crippen LogP contribution is -2.27. The van der Waals surface area contributed by atoms with E-state index in [0.717, 1.165) is 18.9 Å². The summed E-state index contributed by atoms with van der Waals surface area (Å²) in [5.41, 5.74) is 0.647. The fourth-order valence-electron chi connectivity index (χ4n) is 3.52. The number of carbonyl (C=O) groups excluding carboxylic acids is 1. The van der Waals surface area contributed by atoms with Crippen molar-refractivity contribution in [1.82, 2.24) is 15.1 Å². The maximum absolute atomic E-state index is 13.9. The number of aryl methyl sites for hydroxylation is 1. The standard InChI is InChI=1S/C20H21FN4O5S/c1-12-18(31(27,28)24-13-5-6-16(29-2)15(21)9-13)10-17(30-12)19-14(11-22-23-19)20(26)25-7-3-4-8-25/h5-6,9-11,24H,3-4,7-8H2,1-2H3,(H,22,23). The van der Waals surface area contributed by atoms with Crippen molar-refractivity contribution in [3.05, 3.63) is 47.6 Å². The number of rotatable bonds is 6. The van der Waals surface area contributed by atoms with Crippen molar-refractivity contribution in [2.45, 2.75) is 24.7 Å². The van der Waals surface area contributed by atoms with Gasteiger partial charge in [0.25, 0.3) is 15.9 Å². The number of sulfonamides is 1. The summed E-state index contributed by atoms with van der Waals surface area (Å²) >= 11 is 0. The monoisotopic (exact) mass is 448 g/mol. The molecule has 0 atom stereocenters. The zero-order valence-corrected chi connectivity index (χ0v) is 17.8. The van der Waals surface area contributed by atoms with Crippen molar-refractivity contribution < 1.29 is 26.8 Å². The Hall–Kier alpha value is -3.34. The van der Waals surface area contributed by atoms with Gasteiger partial charge in [0.15, 0.2) is 17.3 Å². The SMILES string of the molecule is COc1ccc(NS(=O)(=O)c2cc(-c3[nH]ncc3C(=O)N3CCCC3)oc2C)cc1F. The number of anilines is 1. The number of nitrogens with zero attached hydrogens (tertiary/aromatic N) is 2. The second-order valence-corrected chi connectivity index (χ2v) is 8.79. The summed E-state index contributed by atoms with van der Waals surface area (Å²) in [6.07, 6.45) is 3.29. The Balaban J connectivity index is 1.63. The number of H-pyrrole nitrogens is 1. The minimum atomic E-state index is -4.08. The molecule has 2 aromatic heterocycles. The van der Waals surface area contributed by atoms with Crippen LogP contribution in [0, 0.1) is 12.7 Å². The predicted molar refractivity (Wildman–Crippen MR) is 110 cm³/mol. The van der Waals surface area contributed by atoms with Gasteiger partial charge in [0.2, 0.25) is 0 Å². The van der Waals surface area contributed by atoms with Crippen LogP contribution in [0.25, 0.3) is 11.5 Å². The molecule has 1 aliphatic rings. The van der Waals surface area contributed by atoms with Gasteiger partial charge >= 0.3 is 0 Å². The summed E-state index contributed by atoms with van der Waals surface area (Å²) in [6.45, 7) is 2.83. The van der Waals surface area contributed by atoms with Crippen molar-refractivity contribution in [2.75, 3.05) is 24.9 Å². The highest BCUT2D eigenvalue weighted by Crippen LogP contribution is 2.31. The average molecular weight is 448 g/mol. The molecule has 4 rings (SSSR count). The van der Waals surface area contributed by atoms with Gasteiger partial charge in [-0.2, -0.15) is 5.10 Å². The number of methoxy groups -OCH3 is 1. The second-order valence-electron chi connectivity index (χ2n) is 7.14. The molecule has 0 aliphatic carbocycles. The van der Waals surface area contributed by atoms with Gasteiger partial charge in [0.1, 0.15) is 16.3 Å². The number of ether oxygens (including phenoxy) is 1. The molecular formula is C20H21FN4O5S. The number of furan rings is 1. The number of hydrogen-bond donors (Lipinski definition) is 2. The summed E-state index contributed by atoms with van der Waals surface area (Å²) < 4.78 is 52.5. The number of amides is 1. The van der Waals surface area contributed by atoms with E-state index < -0.39 is 15.8 Å². The molecule has 1 amide bonds. The normalized spacial score (nSPS) is 14.1. The van der Waals surface area contributed by atoms with Crippen LogP contribution in [0.15, 0.2) is 39.8 Å². The highest BCUT2D eigenvalue weighted by Gasteiger charge is 2.28. The Kier molecular flexibility index (Phi) is 5.44.